The molecule has 0 aromatic carbocycles. The molecule has 0 aliphatic carbocycles. The van der Waals surface area contributed by atoms with E-state index in [1.165, 1.54) is 0 Å². The Hall–Kier alpha value is -1.07. The number of nitrogens with one attached hydrogen (secondary N) is 1. The first-order chi connectivity index (χ1) is 8.13. The molecular weight excluding hydrogens is 218 g/mol. The number of hydrogen-bond donors (Lipinski definition) is 2. The van der Waals surface area contributed by atoms with Crippen LogP contribution in [0.2, 0.25) is 0 Å². The van der Waals surface area contributed by atoms with E-state index in [0.29, 0.717) is 6.61 Å². The van der Waals surface area contributed by atoms with Crippen LogP contribution in [0.3, 0.4) is 0 Å². The highest BCUT2D eigenvalue weighted by atomic mass is 16.5. The Balaban J connectivity index is 2.44. The van der Waals surface area contributed by atoms with Gasteiger partial charge >= 0.3 is 0 Å². The first-order valence-electron chi connectivity index (χ1n) is 5.99. The monoisotopic (exact) mass is 241 g/mol. The quantitative estimate of drug-likeness (QED) is 0.721. The summed E-state index contributed by atoms with van der Waals surface area (Å²) in [5.41, 5.74) is 0.906. The van der Waals surface area contributed by atoms with Gasteiger partial charge in [-0.2, -0.15) is 5.10 Å². The van der Waals surface area contributed by atoms with E-state index in [4.69, 9.17) is 4.74 Å². The zero-order valence-electron chi connectivity index (χ0n) is 10.9. The summed E-state index contributed by atoms with van der Waals surface area (Å²) in [5.74, 6) is 0. The van der Waals surface area contributed by atoms with Crippen LogP contribution in [0.15, 0.2) is 12.4 Å². The molecule has 0 spiro atoms. The topological polar surface area (TPSA) is 59.3 Å². The normalized spacial score (nSPS) is 14.6. The predicted octanol–water partition coefficient (Wildman–Crippen LogP) is 1.35. The van der Waals surface area contributed by atoms with Crippen LogP contribution in [0.5, 0.6) is 0 Å². The van der Waals surface area contributed by atoms with Gasteiger partial charge in [0.15, 0.2) is 0 Å². The third-order valence-electron chi connectivity index (χ3n) is 3.11. The molecule has 0 aliphatic heterocycles. The third-order valence-corrected chi connectivity index (χ3v) is 3.11. The molecule has 1 atom stereocenters. The second kappa shape index (κ2) is 6.61. The van der Waals surface area contributed by atoms with E-state index in [1.807, 2.05) is 10.9 Å². The average molecular weight is 241 g/mol. The maximum absolute atomic E-state index is 9.31. The summed E-state index contributed by atoms with van der Waals surface area (Å²) in [6.45, 7) is 6.49. The molecule has 1 heterocycles. The van der Waals surface area contributed by atoms with E-state index in [0.717, 1.165) is 25.2 Å². The molecule has 0 saturated heterocycles. The first kappa shape index (κ1) is 14.0. The second-order valence-electron chi connectivity index (χ2n) is 4.66. The highest BCUT2D eigenvalue weighted by Gasteiger charge is 2.20. The Labute approximate surface area is 103 Å². The van der Waals surface area contributed by atoms with Crippen molar-refractivity contribution in [2.24, 2.45) is 5.41 Å². The molecule has 98 valence electrons. The lowest BCUT2D eigenvalue weighted by molar-refractivity contribution is 0.149. The Morgan fingerprint density at radius 1 is 1.59 bits per heavy atom. The van der Waals surface area contributed by atoms with Crippen molar-refractivity contribution in [1.82, 2.24) is 9.78 Å². The van der Waals surface area contributed by atoms with Gasteiger partial charge in [0.05, 0.1) is 31.6 Å². The van der Waals surface area contributed by atoms with Gasteiger partial charge in [-0.05, 0) is 6.42 Å². The molecule has 5 nitrogen and oxygen atoms in total. The van der Waals surface area contributed by atoms with E-state index in [1.54, 1.807) is 13.3 Å². The highest BCUT2D eigenvalue weighted by molar-refractivity contribution is 5.38. The van der Waals surface area contributed by atoms with Crippen LogP contribution in [0.1, 0.15) is 20.3 Å². The van der Waals surface area contributed by atoms with Crippen molar-refractivity contribution in [1.29, 1.82) is 0 Å². The summed E-state index contributed by atoms with van der Waals surface area (Å²) >= 11 is 0. The van der Waals surface area contributed by atoms with Gasteiger partial charge in [-0.15, -0.1) is 0 Å². The van der Waals surface area contributed by atoms with Crippen LogP contribution in [0.4, 0.5) is 5.69 Å². The molecule has 2 N–H and O–H groups in total. The van der Waals surface area contributed by atoms with Gasteiger partial charge in [0.25, 0.3) is 0 Å². The molecular formula is C12H23N3O2. The molecule has 1 rings (SSSR count). The number of hydrogen-bond acceptors (Lipinski definition) is 4. The van der Waals surface area contributed by atoms with Crippen molar-refractivity contribution in [3.63, 3.8) is 0 Å². The van der Waals surface area contributed by atoms with Gasteiger partial charge in [-0.3, -0.25) is 4.68 Å². The van der Waals surface area contributed by atoms with Crippen LogP contribution in [0, 0.1) is 5.41 Å². The molecule has 0 amide bonds. The molecule has 0 fully saturated rings. The molecule has 17 heavy (non-hydrogen) atoms. The maximum Gasteiger partial charge on any atom is 0.0726 e. The predicted molar refractivity (Wildman–Crippen MR) is 68.1 cm³/mol. The third kappa shape index (κ3) is 4.36. The largest absolute Gasteiger partial charge is 0.396 e. The van der Waals surface area contributed by atoms with Crippen molar-refractivity contribution in [3.8, 4) is 0 Å². The second-order valence-corrected chi connectivity index (χ2v) is 4.66. The van der Waals surface area contributed by atoms with Crippen LogP contribution < -0.4 is 5.32 Å². The minimum absolute atomic E-state index is 0.0748. The Morgan fingerprint density at radius 2 is 2.35 bits per heavy atom. The van der Waals surface area contributed by atoms with Crippen LogP contribution >= 0.6 is 0 Å². The zero-order valence-corrected chi connectivity index (χ0v) is 10.9. The summed E-state index contributed by atoms with van der Waals surface area (Å²) in [5, 5.41) is 16.8. The number of aromatic nitrogens is 2. The van der Waals surface area contributed by atoms with Gasteiger partial charge in [-0.1, -0.05) is 13.8 Å². The Bertz CT molecular complexity index is 321. The molecule has 1 aromatic heterocycles. The van der Waals surface area contributed by atoms with Crippen LogP contribution in [-0.4, -0.2) is 41.8 Å². The highest BCUT2D eigenvalue weighted by Crippen LogP contribution is 2.20. The zero-order chi connectivity index (χ0) is 12.7. The molecule has 1 aromatic rings. The number of ether oxygens (including phenoxy) is 1. The van der Waals surface area contributed by atoms with E-state index in [9.17, 15) is 5.11 Å². The number of rotatable bonds is 8. The Morgan fingerprint density at radius 3 is 2.94 bits per heavy atom. The van der Waals surface area contributed by atoms with Crippen LogP contribution in [0.25, 0.3) is 0 Å². The lowest BCUT2D eigenvalue weighted by Gasteiger charge is -2.25. The summed E-state index contributed by atoms with van der Waals surface area (Å²) in [6, 6.07) is 0. The Kier molecular flexibility index (Phi) is 5.44. The minimum Gasteiger partial charge on any atom is -0.396 e. The van der Waals surface area contributed by atoms with Crippen molar-refractivity contribution in [2.75, 3.05) is 32.2 Å². The van der Waals surface area contributed by atoms with Crippen molar-refractivity contribution < 1.29 is 9.84 Å². The number of aliphatic hydroxyl groups is 1. The van der Waals surface area contributed by atoms with E-state index in [-0.39, 0.29) is 12.0 Å². The number of nitrogens with zero attached hydrogens (tertiary/aromatic N) is 2. The fourth-order valence-corrected chi connectivity index (χ4v) is 1.37. The molecule has 5 heteroatoms. The standard InChI is InChI=1S/C12H23N3O2/c1-4-12(2,10-16)9-13-11-7-14-15(8-11)5-6-17-3/h7-8,13,16H,4-6,9-10H2,1-3H3. The summed E-state index contributed by atoms with van der Waals surface area (Å²) in [7, 11) is 1.68. The number of methoxy groups -OCH3 is 1. The lowest BCUT2D eigenvalue weighted by atomic mass is 9.89. The number of anilines is 1. The van der Waals surface area contributed by atoms with Crippen molar-refractivity contribution in [2.45, 2.75) is 26.8 Å². The minimum atomic E-state index is -0.0748. The first-order valence-corrected chi connectivity index (χ1v) is 5.99. The number of aliphatic hydroxyl groups excluding tert-OH is 1. The smallest absolute Gasteiger partial charge is 0.0726 e. The van der Waals surface area contributed by atoms with Crippen molar-refractivity contribution in [3.05, 3.63) is 12.4 Å². The van der Waals surface area contributed by atoms with Gasteiger partial charge in [-0.25, -0.2) is 0 Å². The van der Waals surface area contributed by atoms with Gasteiger partial charge < -0.3 is 15.2 Å². The fraction of sp³-hybridized carbons (Fsp3) is 0.750. The summed E-state index contributed by atoms with van der Waals surface area (Å²) in [4.78, 5) is 0. The molecule has 1 unspecified atom stereocenters. The SMILES string of the molecule is CCC(C)(CO)CNc1cnn(CCOC)c1. The summed E-state index contributed by atoms with van der Waals surface area (Å²) in [6.07, 6.45) is 4.68. The average Bonchev–Trinajstić information content (AvgIpc) is 2.81. The van der Waals surface area contributed by atoms with E-state index < -0.39 is 0 Å². The fourth-order valence-electron chi connectivity index (χ4n) is 1.37. The van der Waals surface area contributed by atoms with Crippen LogP contribution in [-0.2, 0) is 11.3 Å². The lowest BCUT2D eigenvalue weighted by Crippen LogP contribution is -2.29. The van der Waals surface area contributed by atoms with Gasteiger partial charge in [0.2, 0.25) is 0 Å². The molecule has 0 bridgehead atoms. The molecule has 0 aliphatic rings. The molecule has 0 radical (unpaired) electrons. The summed E-state index contributed by atoms with van der Waals surface area (Å²) < 4.78 is 6.83. The van der Waals surface area contributed by atoms with Gasteiger partial charge in [0, 0.05) is 25.3 Å². The van der Waals surface area contributed by atoms with E-state index >= 15 is 0 Å². The maximum atomic E-state index is 9.31. The molecule has 0 saturated carbocycles. The van der Waals surface area contributed by atoms with Crippen molar-refractivity contribution >= 4 is 5.69 Å². The van der Waals surface area contributed by atoms with Gasteiger partial charge in [0.1, 0.15) is 0 Å². The van der Waals surface area contributed by atoms with E-state index in [2.05, 4.69) is 24.3 Å².